The Hall–Kier alpha value is -1.17. The van der Waals surface area contributed by atoms with Gasteiger partial charge in [0.05, 0.1) is 9.40 Å². The lowest BCUT2D eigenvalue weighted by molar-refractivity contribution is -0.384. The normalized spacial score (nSPS) is 19.7. The van der Waals surface area contributed by atoms with Crippen molar-refractivity contribution >= 4 is 27.3 Å². The lowest BCUT2D eigenvalue weighted by Crippen LogP contribution is -2.27. The standard InChI is InChI=1S/C11H12BrFN2O2/c1-7-3-2-4-14(7)10-6-9(13)8(12)5-11(10)15(16)17/h5-7H,2-4H2,1H3/t7-/m1/s1. The van der Waals surface area contributed by atoms with Crippen molar-refractivity contribution in [1.29, 1.82) is 0 Å². The molecule has 1 aromatic carbocycles. The highest BCUT2D eigenvalue weighted by Gasteiger charge is 2.28. The maximum Gasteiger partial charge on any atom is 0.293 e. The van der Waals surface area contributed by atoms with Crippen LogP contribution in [-0.4, -0.2) is 17.5 Å². The van der Waals surface area contributed by atoms with Crippen LogP contribution in [-0.2, 0) is 0 Å². The number of anilines is 1. The molecule has 0 radical (unpaired) electrons. The summed E-state index contributed by atoms with van der Waals surface area (Å²) in [6, 6.07) is 2.69. The van der Waals surface area contributed by atoms with Crippen LogP contribution in [0, 0.1) is 15.9 Å². The summed E-state index contributed by atoms with van der Waals surface area (Å²) in [5, 5.41) is 11.0. The van der Waals surface area contributed by atoms with E-state index in [1.807, 2.05) is 11.8 Å². The van der Waals surface area contributed by atoms with Gasteiger partial charge in [-0.2, -0.15) is 0 Å². The third kappa shape index (κ3) is 2.26. The zero-order chi connectivity index (χ0) is 12.6. The Morgan fingerprint density at radius 2 is 2.29 bits per heavy atom. The molecule has 6 heteroatoms. The molecule has 1 aromatic rings. The summed E-state index contributed by atoms with van der Waals surface area (Å²) in [7, 11) is 0. The summed E-state index contributed by atoms with van der Waals surface area (Å²) in [4.78, 5) is 12.4. The molecule has 17 heavy (non-hydrogen) atoms. The highest BCUT2D eigenvalue weighted by molar-refractivity contribution is 9.10. The molecular formula is C11H12BrFN2O2. The largest absolute Gasteiger partial charge is 0.363 e. The molecule has 2 rings (SSSR count). The topological polar surface area (TPSA) is 46.4 Å². The second kappa shape index (κ2) is 4.60. The fourth-order valence-corrected chi connectivity index (χ4v) is 2.52. The van der Waals surface area contributed by atoms with E-state index in [4.69, 9.17) is 0 Å². The Morgan fingerprint density at radius 1 is 1.59 bits per heavy atom. The van der Waals surface area contributed by atoms with Gasteiger partial charge in [0.25, 0.3) is 5.69 Å². The molecule has 0 N–H and O–H groups in total. The van der Waals surface area contributed by atoms with Gasteiger partial charge >= 0.3 is 0 Å². The molecule has 1 saturated heterocycles. The summed E-state index contributed by atoms with van der Waals surface area (Å²) < 4.78 is 13.6. The third-order valence-corrected chi connectivity index (χ3v) is 3.68. The van der Waals surface area contributed by atoms with Crippen LogP contribution in [0.25, 0.3) is 0 Å². The molecule has 1 aliphatic rings. The van der Waals surface area contributed by atoms with Crippen molar-refractivity contribution < 1.29 is 9.31 Å². The zero-order valence-electron chi connectivity index (χ0n) is 9.32. The van der Waals surface area contributed by atoms with Gasteiger partial charge in [0.15, 0.2) is 0 Å². The average molecular weight is 303 g/mol. The molecule has 4 nitrogen and oxygen atoms in total. The van der Waals surface area contributed by atoms with Crippen LogP contribution < -0.4 is 4.90 Å². The predicted octanol–water partition coefficient (Wildman–Crippen LogP) is 3.49. The average Bonchev–Trinajstić information content (AvgIpc) is 2.67. The van der Waals surface area contributed by atoms with Gasteiger partial charge < -0.3 is 4.90 Å². The van der Waals surface area contributed by atoms with E-state index < -0.39 is 10.7 Å². The van der Waals surface area contributed by atoms with Crippen molar-refractivity contribution in [2.45, 2.75) is 25.8 Å². The molecule has 0 aliphatic carbocycles. The first-order chi connectivity index (χ1) is 8.00. The lowest BCUT2D eigenvalue weighted by atomic mass is 10.2. The molecule has 92 valence electrons. The van der Waals surface area contributed by atoms with Crippen molar-refractivity contribution in [3.05, 3.63) is 32.5 Å². The fourth-order valence-electron chi connectivity index (χ4n) is 2.19. The summed E-state index contributed by atoms with van der Waals surface area (Å²) in [5.74, 6) is -0.468. The summed E-state index contributed by atoms with van der Waals surface area (Å²) >= 11 is 2.97. The number of nitro benzene ring substituents is 1. The van der Waals surface area contributed by atoms with Gasteiger partial charge in [-0.3, -0.25) is 10.1 Å². The molecule has 1 atom stereocenters. The highest BCUT2D eigenvalue weighted by atomic mass is 79.9. The van der Waals surface area contributed by atoms with Gasteiger partial charge in [-0.25, -0.2) is 4.39 Å². The van der Waals surface area contributed by atoms with Gasteiger partial charge in [-0.1, -0.05) is 0 Å². The first-order valence-electron chi connectivity index (χ1n) is 5.41. The minimum Gasteiger partial charge on any atom is -0.363 e. The van der Waals surface area contributed by atoms with E-state index >= 15 is 0 Å². The van der Waals surface area contributed by atoms with Gasteiger partial charge in [0.1, 0.15) is 11.5 Å². The number of hydrogen-bond donors (Lipinski definition) is 0. The Balaban J connectivity index is 2.51. The minimum atomic E-state index is -0.468. The van der Waals surface area contributed by atoms with Gasteiger partial charge in [-0.15, -0.1) is 0 Å². The number of hydrogen-bond acceptors (Lipinski definition) is 3. The van der Waals surface area contributed by atoms with Crippen molar-refractivity contribution in [3.8, 4) is 0 Å². The second-order valence-electron chi connectivity index (χ2n) is 4.20. The van der Waals surface area contributed by atoms with Crippen LogP contribution in [0.15, 0.2) is 16.6 Å². The Morgan fingerprint density at radius 3 is 2.82 bits per heavy atom. The molecular weight excluding hydrogens is 291 g/mol. The molecule has 0 spiro atoms. The first kappa shape index (κ1) is 12.3. The monoisotopic (exact) mass is 302 g/mol. The molecule has 0 unspecified atom stereocenters. The molecule has 0 amide bonds. The first-order valence-corrected chi connectivity index (χ1v) is 6.20. The highest BCUT2D eigenvalue weighted by Crippen LogP contribution is 2.36. The van der Waals surface area contributed by atoms with Crippen molar-refractivity contribution in [2.24, 2.45) is 0 Å². The smallest absolute Gasteiger partial charge is 0.293 e. The molecule has 0 aromatic heterocycles. The van der Waals surface area contributed by atoms with E-state index in [0.29, 0.717) is 5.69 Å². The predicted molar refractivity (Wildman–Crippen MR) is 66.8 cm³/mol. The Bertz CT molecular complexity index is 467. The number of rotatable bonds is 2. The van der Waals surface area contributed by atoms with Crippen molar-refractivity contribution in [2.75, 3.05) is 11.4 Å². The Kier molecular flexibility index (Phi) is 3.33. The number of nitro groups is 1. The van der Waals surface area contributed by atoms with E-state index in [1.54, 1.807) is 0 Å². The quantitative estimate of drug-likeness (QED) is 0.620. The van der Waals surface area contributed by atoms with Crippen LogP contribution >= 0.6 is 15.9 Å². The molecule has 0 bridgehead atoms. The number of benzene rings is 1. The zero-order valence-corrected chi connectivity index (χ0v) is 10.9. The fraction of sp³-hybridized carbons (Fsp3) is 0.455. The number of halogens is 2. The van der Waals surface area contributed by atoms with Crippen LogP contribution in [0.1, 0.15) is 19.8 Å². The van der Waals surface area contributed by atoms with E-state index in [0.717, 1.165) is 19.4 Å². The van der Waals surface area contributed by atoms with Gasteiger partial charge in [-0.05, 0) is 35.7 Å². The summed E-state index contributed by atoms with van der Waals surface area (Å²) in [6.45, 7) is 2.74. The van der Waals surface area contributed by atoms with Gasteiger partial charge in [0.2, 0.25) is 0 Å². The summed E-state index contributed by atoms with van der Waals surface area (Å²) in [5.41, 5.74) is 0.327. The molecule has 0 saturated carbocycles. The molecule has 1 heterocycles. The van der Waals surface area contributed by atoms with Crippen LogP contribution in [0.5, 0.6) is 0 Å². The molecule has 1 fully saturated rings. The second-order valence-corrected chi connectivity index (χ2v) is 5.05. The minimum absolute atomic E-state index is 0.0491. The van der Waals surface area contributed by atoms with Crippen LogP contribution in [0.4, 0.5) is 15.8 Å². The maximum absolute atomic E-state index is 13.5. The number of nitrogens with zero attached hydrogens (tertiary/aromatic N) is 2. The van der Waals surface area contributed by atoms with E-state index in [9.17, 15) is 14.5 Å². The Labute approximate surface area is 107 Å². The van der Waals surface area contributed by atoms with E-state index in [2.05, 4.69) is 15.9 Å². The van der Waals surface area contributed by atoms with Crippen molar-refractivity contribution in [1.82, 2.24) is 0 Å². The third-order valence-electron chi connectivity index (χ3n) is 3.08. The lowest BCUT2D eigenvalue weighted by Gasteiger charge is -2.23. The van der Waals surface area contributed by atoms with E-state index in [-0.39, 0.29) is 16.2 Å². The SMILES string of the molecule is C[C@@H]1CCCN1c1cc(F)c(Br)cc1[N+](=O)[O-]. The molecule has 1 aliphatic heterocycles. The summed E-state index contributed by atoms with van der Waals surface area (Å²) in [6.07, 6.45) is 1.96. The van der Waals surface area contributed by atoms with Gasteiger partial charge in [0, 0.05) is 24.7 Å². The van der Waals surface area contributed by atoms with Crippen LogP contribution in [0.3, 0.4) is 0 Å². The maximum atomic E-state index is 13.5. The van der Waals surface area contributed by atoms with Crippen molar-refractivity contribution in [3.63, 3.8) is 0 Å². The van der Waals surface area contributed by atoms with E-state index in [1.165, 1.54) is 12.1 Å². The van der Waals surface area contributed by atoms with Crippen LogP contribution in [0.2, 0.25) is 0 Å².